The number of aromatic hydroxyl groups is 1. The molecule has 0 unspecified atom stereocenters. The number of carbonyl (C=O) groups is 3. The molecular formula is C34H41NO7. The second kappa shape index (κ2) is 14.4. The third-order valence-corrected chi connectivity index (χ3v) is 8.60. The number of phenols is 1. The molecule has 0 bridgehead atoms. The first-order valence-electron chi connectivity index (χ1n) is 14.9. The summed E-state index contributed by atoms with van der Waals surface area (Å²) in [6.45, 7) is 1.88. The molecule has 2 amide bonds. The largest absolute Gasteiger partial charge is 0.508 e. The van der Waals surface area contributed by atoms with E-state index in [1.807, 2.05) is 55.5 Å². The second-order valence-electron chi connectivity index (χ2n) is 11.3. The van der Waals surface area contributed by atoms with Gasteiger partial charge in [-0.15, -0.1) is 0 Å². The monoisotopic (exact) mass is 575 g/mol. The van der Waals surface area contributed by atoms with Crippen molar-refractivity contribution in [1.29, 1.82) is 0 Å². The van der Waals surface area contributed by atoms with Crippen LogP contribution in [0, 0.1) is 17.8 Å². The summed E-state index contributed by atoms with van der Waals surface area (Å²) in [7, 11) is 0. The van der Waals surface area contributed by atoms with Gasteiger partial charge in [-0.1, -0.05) is 67.5 Å². The molecule has 0 aromatic heterocycles. The molecule has 0 radical (unpaired) electrons. The maximum Gasteiger partial charge on any atom is 0.303 e. The lowest BCUT2D eigenvalue weighted by Crippen LogP contribution is -2.39. The Kier molecular flexibility index (Phi) is 10.7. The highest BCUT2D eigenvalue weighted by Gasteiger charge is 2.54. The van der Waals surface area contributed by atoms with Gasteiger partial charge >= 0.3 is 5.97 Å². The number of fused-ring (bicyclic) bond motifs is 1. The molecule has 2 aromatic rings. The first-order valence-corrected chi connectivity index (χ1v) is 14.9. The fraction of sp³-hybridized carbons (Fsp3) is 0.441. The number of carboxylic acids is 1. The number of rotatable bonds is 14. The SMILES string of the molecule is CCC1=C([C@H](O)CC/C(=C/c2ccc(O)cc2)c2ccccc2)[C@H](CO)[C@@H]2C(=O)N(CCCCCC(=O)O)C(=O)[C@@H]2C1. The van der Waals surface area contributed by atoms with E-state index in [0.717, 1.165) is 22.3 Å². The number of hydrogen-bond donors (Lipinski definition) is 4. The van der Waals surface area contributed by atoms with Crippen molar-refractivity contribution in [3.05, 3.63) is 76.9 Å². The van der Waals surface area contributed by atoms with Gasteiger partial charge in [-0.2, -0.15) is 0 Å². The summed E-state index contributed by atoms with van der Waals surface area (Å²) in [5, 5.41) is 40.6. The summed E-state index contributed by atoms with van der Waals surface area (Å²) < 4.78 is 0. The minimum absolute atomic E-state index is 0.0564. The second-order valence-corrected chi connectivity index (χ2v) is 11.3. The summed E-state index contributed by atoms with van der Waals surface area (Å²) >= 11 is 0. The molecule has 2 aliphatic rings. The number of allylic oxidation sites excluding steroid dienone is 2. The van der Waals surface area contributed by atoms with Gasteiger partial charge in [-0.05, 0) is 72.9 Å². The number of carbonyl (C=O) groups excluding carboxylic acids is 2. The molecule has 4 rings (SSSR count). The van der Waals surface area contributed by atoms with E-state index in [0.29, 0.717) is 50.5 Å². The number of imide groups is 1. The molecule has 224 valence electrons. The number of likely N-dealkylation sites (tertiary alicyclic amines) is 1. The number of aliphatic hydroxyl groups is 2. The van der Waals surface area contributed by atoms with E-state index in [4.69, 9.17) is 5.11 Å². The number of aliphatic hydroxyl groups excluding tert-OH is 2. The van der Waals surface area contributed by atoms with Gasteiger partial charge < -0.3 is 20.4 Å². The van der Waals surface area contributed by atoms with Crippen LogP contribution in [0.2, 0.25) is 0 Å². The van der Waals surface area contributed by atoms with Gasteiger partial charge in [0.2, 0.25) is 11.8 Å². The van der Waals surface area contributed by atoms with Crippen LogP contribution in [0.3, 0.4) is 0 Å². The zero-order valence-corrected chi connectivity index (χ0v) is 24.1. The van der Waals surface area contributed by atoms with E-state index in [9.17, 15) is 29.7 Å². The van der Waals surface area contributed by atoms with Gasteiger partial charge in [0.05, 0.1) is 24.5 Å². The van der Waals surface area contributed by atoms with Gasteiger partial charge in [-0.3, -0.25) is 19.3 Å². The lowest BCUT2D eigenvalue weighted by Gasteiger charge is -2.36. The summed E-state index contributed by atoms with van der Waals surface area (Å²) in [6.07, 6.45) is 4.73. The highest BCUT2D eigenvalue weighted by molar-refractivity contribution is 6.05. The zero-order chi connectivity index (χ0) is 30.2. The van der Waals surface area contributed by atoms with Crippen molar-refractivity contribution in [1.82, 2.24) is 4.90 Å². The van der Waals surface area contributed by atoms with Crippen molar-refractivity contribution in [3.63, 3.8) is 0 Å². The van der Waals surface area contributed by atoms with Crippen LogP contribution in [0.15, 0.2) is 65.7 Å². The van der Waals surface area contributed by atoms with Crippen LogP contribution in [0.25, 0.3) is 11.6 Å². The van der Waals surface area contributed by atoms with Crippen molar-refractivity contribution in [2.45, 2.75) is 64.4 Å². The Bertz CT molecular complexity index is 1320. The molecule has 2 aromatic carbocycles. The van der Waals surface area contributed by atoms with E-state index in [2.05, 4.69) is 0 Å². The summed E-state index contributed by atoms with van der Waals surface area (Å²) in [5.41, 5.74) is 4.55. The van der Waals surface area contributed by atoms with Crippen molar-refractivity contribution < 1.29 is 34.8 Å². The molecule has 4 atom stereocenters. The third kappa shape index (κ3) is 7.17. The lowest BCUT2D eigenvalue weighted by molar-refractivity contribution is -0.141. The van der Waals surface area contributed by atoms with E-state index in [1.165, 1.54) is 4.90 Å². The minimum Gasteiger partial charge on any atom is -0.508 e. The summed E-state index contributed by atoms with van der Waals surface area (Å²) in [5.74, 6) is -3.11. The first-order chi connectivity index (χ1) is 20.2. The molecule has 42 heavy (non-hydrogen) atoms. The quantitative estimate of drug-likeness (QED) is 0.107. The molecule has 4 N–H and O–H groups in total. The Morgan fingerprint density at radius 2 is 1.71 bits per heavy atom. The van der Waals surface area contributed by atoms with Crippen LogP contribution in [-0.2, 0) is 14.4 Å². The normalized spacial score (nSPS) is 21.5. The molecule has 8 heteroatoms. The molecule has 0 spiro atoms. The number of hydrogen-bond acceptors (Lipinski definition) is 6. The van der Waals surface area contributed by atoms with Gasteiger partial charge in [0.1, 0.15) is 5.75 Å². The van der Waals surface area contributed by atoms with Crippen LogP contribution in [-0.4, -0.2) is 62.4 Å². The molecule has 8 nitrogen and oxygen atoms in total. The fourth-order valence-corrected chi connectivity index (χ4v) is 6.48. The van der Waals surface area contributed by atoms with E-state index >= 15 is 0 Å². The third-order valence-electron chi connectivity index (χ3n) is 8.60. The van der Waals surface area contributed by atoms with E-state index < -0.39 is 29.8 Å². The molecule has 1 saturated heterocycles. The van der Waals surface area contributed by atoms with E-state index in [-0.39, 0.29) is 37.1 Å². The number of amides is 2. The Balaban J connectivity index is 1.52. The number of carboxylic acid groups (broad SMARTS) is 1. The average Bonchev–Trinajstić information content (AvgIpc) is 3.23. The van der Waals surface area contributed by atoms with E-state index in [1.54, 1.807) is 12.1 Å². The Morgan fingerprint density at radius 1 is 1.00 bits per heavy atom. The molecule has 1 aliphatic carbocycles. The Labute approximate surface area is 247 Å². The number of phenolic OH excluding ortho intramolecular Hbond substituents is 1. The molecule has 1 fully saturated rings. The highest BCUT2D eigenvalue weighted by Crippen LogP contribution is 2.47. The van der Waals surface area contributed by atoms with Crippen molar-refractivity contribution >= 4 is 29.4 Å². The van der Waals surface area contributed by atoms with Gasteiger partial charge in [0.25, 0.3) is 0 Å². The van der Waals surface area contributed by atoms with Crippen LogP contribution < -0.4 is 0 Å². The van der Waals surface area contributed by atoms with Crippen molar-refractivity contribution in [3.8, 4) is 5.75 Å². The Morgan fingerprint density at radius 3 is 2.36 bits per heavy atom. The number of nitrogens with zero attached hydrogens (tertiary/aromatic N) is 1. The summed E-state index contributed by atoms with van der Waals surface area (Å²) in [6, 6.07) is 16.8. The van der Waals surface area contributed by atoms with Gasteiger partial charge in [0.15, 0.2) is 0 Å². The fourth-order valence-electron chi connectivity index (χ4n) is 6.48. The van der Waals surface area contributed by atoms with Gasteiger partial charge in [0, 0.05) is 18.9 Å². The predicted octanol–water partition coefficient (Wildman–Crippen LogP) is 5.04. The zero-order valence-electron chi connectivity index (χ0n) is 24.1. The maximum absolute atomic E-state index is 13.5. The minimum atomic E-state index is -0.891. The van der Waals surface area contributed by atoms with Crippen LogP contribution in [0.4, 0.5) is 0 Å². The predicted molar refractivity (Wildman–Crippen MR) is 160 cm³/mol. The number of benzene rings is 2. The first kappa shape index (κ1) is 31.2. The Hall–Kier alpha value is -3.75. The number of aliphatic carboxylic acids is 1. The van der Waals surface area contributed by atoms with Gasteiger partial charge in [-0.25, -0.2) is 0 Å². The molecule has 0 saturated carbocycles. The maximum atomic E-state index is 13.5. The smallest absolute Gasteiger partial charge is 0.303 e. The molecule has 1 heterocycles. The van der Waals surface area contributed by atoms with Crippen LogP contribution in [0.5, 0.6) is 5.75 Å². The van der Waals surface area contributed by atoms with Crippen LogP contribution >= 0.6 is 0 Å². The van der Waals surface area contributed by atoms with Crippen LogP contribution in [0.1, 0.15) is 69.4 Å². The standard InChI is InChI=1S/C34H41NO7/c1-2-23-20-27-32(34(42)35(33(27)41)18-8-4-7-11-30(39)40)28(21-36)31(23)29(38)17-14-25(24-9-5-3-6-10-24)19-22-12-15-26(37)16-13-22/h3,5-6,9-10,12-13,15-16,19,27-29,32,36-38H,2,4,7-8,11,14,17-18,20-21H2,1H3,(H,39,40)/b25-19-/t27-,28+,29-,32-/m1/s1. The average molecular weight is 576 g/mol. The lowest BCUT2D eigenvalue weighted by atomic mass is 9.67. The number of unbranched alkanes of at least 4 members (excludes halogenated alkanes) is 2. The topological polar surface area (TPSA) is 135 Å². The molecular weight excluding hydrogens is 534 g/mol. The highest BCUT2D eigenvalue weighted by atomic mass is 16.4. The summed E-state index contributed by atoms with van der Waals surface area (Å²) in [4.78, 5) is 38.9. The van der Waals surface area contributed by atoms with Crippen molar-refractivity contribution in [2.24, 2.45) is 17.8 Å². The van der Waals surface area contributed by atoms with Crippen molar-refractivity contribution in [2.75, 3.05) is 13.2 Å². The molecule has 1 aliphatic heterocycles.